The lowest BCUT2D eigenvalue weighted by molar-refractivity contribution is 0.530. The number of allylic oxidation sites excluding steroid dienone is 3. The Balaban J connectivity index is 2.20. The number of hydrogen-bond donors (Lipinski definition) is 0. The van der Waals surface area contributed by atoms with Crippen LogP contribution in [0.1, 0.15) is 36.8 Å². The van der Waals surface area contributed by atoms with E-state index in [1.807, 2.05) is 38.1 Å². The molecule has 1 fully saturated rings. The Hall–Kier alpha value is -0.190. The molecule has 1 heterocycles. The largest absolute Gasteiger partial charge is 0.221 e. The Bertz CT molecular complexity index is 929. The van der Waals surface area contributed by atoms with Crippen LogP contribution in [-0.2, 0) is 9.84 Å². The van der Waals surface area contributed by atoms with Gasteiger partial charge in [-0.1, -0.05) is 70.2 Å². The SMILES string of the molecule is CC(C)=C1C2c3ccccc3C1C1(Cl)C2(Cl)C(Cl)=C(Cl)S1(=O)=O. The van der Waals surface area contributed by atoms with Crippen LogP contribution in [0.2, 0.25) is 0 Å². The standard InChI is InChI=1S/C16H12Cl4O2S/c1-7(2)10-11-8-5-3-4-6-9(8)12(10)16(20)15(11,19)13(17)14(18)23(16,21)22/h3-6,11-12H,1-2H3. The Labute approximate surface area is 155 Å². The summed E-state index contributed by atoms with van der Waals surface area (Å²) in [5.41, 5.74) is 3.79. The first-order chi connectivity index (χ1) is 10.6. The van der Waals surface area contributed by atoms with E-state index in [0.717, 1.165) is 22.3 Å². The van der Waals surface area contributed by atoms with E-state index in [4.69, 9.17) is 46.4 Å². The Morgan fingerprint density at radius 2 is 1.57 bits per heavy atom. The quantitative estimate of drug-likeness (QED) is 0.435. The third kappa shape index (κ3) is 1.45. The van der Waals surface area contributed by atoms with Gasteiger partial charge in [-0.25, -0.2) is 8.42 Å². The molecule has 0 spiro atoms. The van der Waals surface area contributed by atoms with Crippen molar-refractivity contribution < 1.29 is 8.42 Å². The van der Waals surface area contributed by atoms with E-state index < -0.39 is 35.1 Å². The Morgan fingerprint density at radius 3 is 2.09 bits per heavy atom. The summed E-state index contributed by atoms with van der Waals surface area (Å²) in [6, 6.07) is 7.63. The molecule has 2 bridgehead atoms. The van der Waals surface area contributed by atoms with Gasteiger partial charge in [0.2, 0.25) is 9.84 Å². The van der Waals surface area contributed by atoms with Crippen LogP contribution in [-0.4, -0.2) is 17.5 Å². The highest BCUT2D eigenvalue weighted by molar-refractivity contribution is 8.00. The average Bonchev–Trinajstić information content (AvgIpc) is 2.99. The second kappa shape index (κ2) is 4.50. The minimum Gasteiger partial charge on any atom is -0.221 e. The molecule has 4 unspecified atom stereocenters. The average molecular weight is 410 g/mol. The van der Waals surface area contributed by atoms with Gasteiger partial charge in [-0.15, -0.1) is 11.6 Å². The fraction of sp³-hybridized carbons (Fsp3) is 0.375. The molecule has 7 heteroatoms. The van der Waals surface area contributed by atoms with Crippen LogP contribution in [0.4, 0.5) is 0 Å². The maximum Gasteiger partial charge on any atom is 0.213 e. The lowest BCUT2D eigenvalue weighted by atomic mass is 9.82. The van der Waals surface area contributed by atoms with Crippen molar-refractivity contribution in [2.45, 2.75) is 34.8 Å². The predicted octanol–water partition coefficient (Wildman–Crippen LogP) is 5.21. The second-order valence-corrected chi connectivity index (χ2v) is 10.9. The van der Waals surface area contributed by atoms with E-state index >= 15 is 0 Å². The van der Waals surface area contributed by atoms with Gasteiger partial charge in [-0.3, -0.25) is 0 Å². The summed E-state index contributed by atoms with van der Waals surface area (Å²) in [5.74, 6) is -0.950. The van der Waals surface area contributed by atoms with Gasteiger partial charge in [0.05, 0.1) is 5.03 Å². The molecule has 0 saturated heterocycles. The molecule has 0 N–H and O–H groups in total. The summed E-state index contributed by atoms with van der Waals surface area (Å²) < 4.78 is 23.7. The monoisotopic (exact) mass is 408 g/mol. The van der Waals surface area contributed by atoms with Crippen molar-refractivity contribution in [1.82, 2.24) is 0 Å². The minimum atomic E-state index is -4.04. The van der Waals surface area contributed by atoms with Crippen LogP contribution in [0, 0.1) is 0 Å². The zero-order chi connectivity index (χ0) is 16.9. The van der Waals surface area contributed by atoms with E-state index in [1.54, 1.807) is 0 Å². The van der Waals surface area contributed by atoms with Crippen LogP contribution in [0.15, 0.2) is 44.8 Å². The van der Waals surface area contributed by atoms with Gasteiger partial charge in [0, 0.05) is 11.8 Å². The predicted molar refractivity (Wildman–Crippen MR) is 95.1 cm³/mol. The number of hydrogen-bond acceptors (Lipinski definition) is 2. The van der Waals surface area contributed by atoms with E-state index in [2.05, 4.69) is 0 Å². The molecule has 1 aromatic carbocycles. The van der Waals surface area contributed by atoms with Crippen molar-refractivity contribution in [2.75, 3.05) is 0 Å². The molecule has 0 aromatic heterocycles. The van der Waals surface area contributed by atoms with Gasteiger partial charge < -0.3 is 0 Å². The Morgan fingerprint density at radius 1 is 1.04 bits per heavy atom. The topological polar surface area (TPSA) is 34.1 Å². The van der Waals surface area contributed by atoms with E-state index in [0.29, 0.717) is 0 Å². The van der Waals surface area contributed by atoms with Gasteiger partial charge in [-0.05, 0) is 25.0 Å². The molecule has 4 atom stereocenters. The van der Waals surface area contributed by atoms with Crippen LogP contribution in [0.25, 0.3) is 0 Å². The zero-order valence-corrected chi connectivity index (χ0v) is 16.0. The summed E-state index contributed by atoms with van der Waals surface area (Å²) >= 11 is 26.1. The minimum absolute atomic E-state index is 0.0726. The van der Waals surface area contributed by atoms with Crippen LogP contribution in [0.3, 0.4) is 0 Å². The van der Waals surface area contributed by atoms with Crippen molar-refractivity contribution in [3.05, 3.63) is 55.9 Å². The molecule has 0 radical (unpaired) electrons. The first kappa shape index (κ1) is 16.3. The fourth-order valence-electron chi connectivity index (χ4n) is 4.37. The van der Waals surface area contributed by atoms with Crippen LogP contribution >= 0.6 is 46.4 Å². The number of fused-ring (bicyclic) bond motifs is 8. The van der Waals surface area contributed by atoms with Crippen LogP contribution in [0.5, 0.6) is 0 Å². The summed E-state index contributed by atoms with van der Waals surface area (Å²) in [5, 5.41) is -0.0726. The smallest absolute Gasteiger partial charge is 0.213 e. The highest BCUT2D eigenvalue weighted by Gasteiger charge is 2.81. The van der Waals surface area contributed by atoms with Crippen molar-refractivity contribution in [2.24, 2.45) is 0 Å². The molecule has 2 aliphatic carbocycles. The maximum absolute atomic E-state index is 13.0. The lowest BCUT2D eigenvalue weighted by Gasteiger charge is -2.39. The normalized spacial score (nSPS) is 39.7. The maximum atomic E-state index is 13.0. The van der Waals surface area contributed by atoms with E-state index in [9.17, 15) is 8.42 Å². The molecule has 2 nitrogen and oxygen atoms in total. The number of sulfone groups is 1. The molecule has 0 amide bonds. The van der Waals surface area contributed by atoms with Crippen molar-refractivity contribution in [1.29, 1.82) is 0 Å². The van der Waals surface area contributed by atoms with Gasteiger partial charge in [0.25, 0.3) is 0 Å². The van der Waals surface area contributed by atoms with Gasteiger partial charge in [-0.2, -0.15) is 0 Å². The first-order valence-corrected chi connectivity index (χ1v) is 10.1. The number of alkyl halides is 2. The molecule has 3 aliphatic rings. The molecule has 1 aromatic rings. The summed E-state index contributed by atoms with van der Waals surface area (Å²) in [6.45, 7) is 3.88. The number of halogens is 4. The van der Waals surface area contributed by atoms with Gasteiger partial charge >= 0.3 is 0 Å². The summed E-state index contributed by atoms with van der Waals surface area (Å²) in [4.78, 5) is -1.47. The summed E-state index contributed by atoms with van der Waals surface area (Å²) in [6.07, 6.45) is 0. The van der Waals surface area contributed by atoms with Gasteiger partial charge in [0.15, 0.2) is 8.57 Å². The molecule has 1 aliphatic heterocycles. The molecule has 4 rings (SSSR count). The molecule has 1 saturated carbocycles. The third-order valence-electron chi connectivity index (χ3n) is 5.20. The highest BCUT2D eigenvalue weighted by Crippen LogP contribution is 2.78. The van der Waals surface area contributed by atoms with Crippen molar-refractivity contribution in [3.63, 3.8) is 0 Å². The fourth-order valence-corrected chi connectivity index (χ4v) is 9.02. The highest BCUT2D eigenvalue weighted by atomic mass is 35.5. The summed E-state index contributed by atoms with van der Waals surface area (Å²) in [7, 11) is -4.04. The number of benzene rings is 1. The number of rotatable bonds is 0. The molecule has 122 valence electrons. The van der Waals surface area contributed by atoms with Crippen molar-refractivity contribution in [3.8, 4) is 0 Å². The molecular weight excluding hydrogens is 398 g/mol. The van der Waals surface area contributed by atoms with E-state index in [-0.39, 0.29) is 5.03 Å². The second-order valence-electron chi connectivity index (χ2n) is 6.40. The molecule has 23 heavy (non-hydrogen) atoms. The molecular formula is C16H12Cl4O2S. The van der Waals surface area contributed by atoms with Gasteiger partial charge in [0.1, 0.15) is 4.87 Å². The Kier molecular flexibility index (Phi) is 3.19. The van der Waals surface area contributed by atoms with Crippen LogP contribution < -0.4 is 0 Å². The van der Waals surface area contributed by atoms with Crippen molar-refractivity contribution >= 4 is 56.2 Å². The first-order valence-electron chi connectivity index (χ1n) is 7.06. The third-order valence-corrected chi connectivity index (χ3v) is 10.8. The van der Waals surface area contributed by atoms with E-state index in [1.165, 1.54) is 0 Å². The lowest BCUT2D eigenvalue weighted by Crippen LogP contribution is -2.50. The zero-order valence-electron chi connectivity index (χ0n) is 12.2.